The Bertz CT molecular complexity index is 661. The number of thiazole rings is 1. The highest BCUT2D eigenvalue weighted by Crippen LogP contribution is 2.20. The van der Waals surface area contributed by atoms with Crippen LogP contribution in [0.2, 0.25) is 0 Å². The van der Waals surface area contributed by atoms with Crippen molar-refractivity contribution in [2.45, 2.75) is 33.4 Å². The number of sulfonamides is 1. The fourth-order valence-corrected chi connectivity index (χ4v) is 3.19. The summed E-state index contributed by atoms with van der Waals surface area (Å²) in [6, 6.07) is -0.943. The van der Waals surface area contributed by atoms with Crippen molar-refractivity contribution in [1.29, 1.82) is 0 Å². The predicted molar refractivity (Wildman–Crippen MR) is 82.1 cm³/mol. The number of aromatic nitrogens is 1. The van der Waals surface area contributed by atoms with Crippen molar-refractivity contribution in [3.63, 3.8) is 0 Å². The maximum Gasteiger partial charge on any atom is 0.355 e. The summed E-state index contributed by atoms with van der Waals surface area (Å²) in [6.45, 7) is 5.25. The van der Waals surface area contributed by atoms with Gasteiger partial charge in [-0.25, -0.2) is 22.9 Å². The number of nitrogens with zero attached hydrogens (tertiary/aromatic N) is 1. The molecule has 0 saturated carbocycles. The lowest BCUT2D eigenvalue weighted by Crippen LogP contribution is -2.53. The van der Waals surface area contributed by atoms with Crippen LogP contribution in [0.5, 0.6) is 0 Å². The van der Waals surface area contributed by atoms with Gasteiger partial charge in [0.05, 0.1) is 12.8 Å². The number of carbonyl (C=O) groups is 2. The van der Waals surface area contributed by atoms with E-state index in [1.807, 2.05) is 0 Å². The van der Waals surface area contributed by atoms with E-state index >= 15 is 0 Å². The van der Waals surface area contributed by atoms with Gasteiger partial charge in [0.1, 0.15) is 11.0 Å². The summed E-state index contributed by atoms with van der Waals surface area (Å²) in [7, 11) is -3.54. The Morgan fingerprint density at radius 3 is 2.41 bits per heavy atom. The average molecular weight is 349 g/mol. The summed E-state index contributed by atoms with van der Waals surface area (Å²) in [5, 5.41) is 13.2. The number of hydrogen-bond donors (Lipinski definition) is 3. The van der Waals surface area contributed by atoms with Gasteiger partial charge in [-0.3, -0.25) is 4.79 Å². The maximum absolute atomic E-state index is 12.2. The fraction of sp³-hybridized carbons (Fsp3) is 0.583. The van der Waals surface area contributed by atoms with Crippen molar-refractivity contribution >= 4 is 33.2 Å². The van der Waals surface area contributed by atoms with Gasteiger partial charge in [-0.15, -0.1) is 11.3 Å². The second-order valence-electron chi connectivity index (χ2n) is 5.84. The van der Waals surface area contributed by atoms with Gasteiger partial charge in [-0.1, -0.05) is 20.8 Å². The van der Waals surface area contributed by atoms with E-state index in [4.69, 9.17) is 5.11 Å². The molecule has 10 heteroatoms. The van der Waals surface area contributed by atoms with E-state index in [-0.39, 0.29) is 12.2 Å². The highest BCUT2D eigenvalue weighted by molar-refractivity contribution is 7.88. The SMILES string of the molecule is CC(C)(C)C(NS(C)(=O)=O)C(=O)NCc1nc(C(=O)O)cs1. The van der Waals surface area contributed by atoms with Crippen LogP contribution in [0.15, 0.2) is 5.38 Å². The van der Waals surface area contributed by atoms with Crippen molar-refractivity contribution in [3.8, 4) is 0 Å². The van der Waals surface area contributed by atoms with Crippen molar-refractivity contribution < 1.29 is 23.1 Å². The lowest BCUT2D eigenvalue weighted by Gasteiger charge is -2.29. The molecule has 1 heterocycles. The minimum Gasteiger partial charge on any atom is -0.476 e. The minimum absolute atomic E-state index is 0.0365. The molecule has 8 nitrogen and oxygen atoms in total. The second kappa shape index (κ2) is 6.71. The number of carboxylic acid groups (broad SMARTS) is 1. The molecule has 1 aromatic heterocycles. The van der Waals surface area contributed by atoms with Crippen molar-refractivity contribution in [2.24, 2.45) is 5.41 Å². The maximum atomic E-state index is 12.2. The molecular formula is C12H19N3O5S2. The standard InChI is InChI=1S/C12H19N3O5S2/c1-12(2,3)9(15-22(4,19)20)10(16)13-5-8-14-7(6-21-8)11(17)18/h6,9,15H,5H2,1-4H3,(H,13,16)(H,17,18). The van der Waals surface area contributed by atoms with Crippen LogP contribution >= 0.6 is 11.3 Å². The Balaban J connectivity index is 2.76. The van der Waals surface area contributed by atoms with Gasteiger partial charge in [0.2, 0.25) is 15.9 Å². The van der Waals surface area contributed by atoms with Crippen LogP contribution < -0.4 is 10.0 Å². The Labute approximate surface area is 133 Å². The molecule has 0 radical (unpaired) electrons. The third-order valence-electron chi connectivity index (χ3n) is 2.64. The van der Waals surface area contributed by atoms with Crippen LogP contribution in [0.1, 0.15) is 36.3 Å². The Morgan fingerprint density at radius 2 is 2.00 bits per heavy atom. The number of hydrogen-bond acceptors (Lipinski definition) is 6. The third-order valence-corrected chi connectivity index (χ3v) is 4.16. The molecule has 22 heavy (non-hydrogen) atoms. The quantitative estimate of drug-likeness (QED) is 0.683. The second-order valence-corrected chi connectivity index (χ2v) is 8.56. The van der Waals surface area contributed by atoms with Crippen LogP contribution in [0.3, 0.4) is 0 Å². The predicted octanol–water partition coefficient (Wildman–Crippen LogP) is 0.421. The van der Waals surface area contributed by atoms with Crippen molar-refractivity contribution in [2.75, 3.05) is 6.26 Å². The van der Waals surface area contributed by atoms with E-state index in [0.29, 0.717) is 5.01 Å². The van der Waals surface area contributed by atoms with Crippen molar-refractivity contribution in [1.82, 2.24) is 15.0 Å². The van der Waals surface area contributed by atoms with Crippen molar-refractivity contribution in [3.05, 3.63) is 16.1 Å². The van der Waals surface area contributed by atoms with Gasteiger partial charge in [0.25, 0.3) is 0 Å². The summed E-state index contributed by atoms with van der Waals surface area (Å²) in [4.78, 5) is 26.8. The molecule has 0 saturated heterocycles. The van der Waals surface area contributed by atoms with E-state index in [1.165, 1.54) is 5.38 Å². The summed E-state index contributed by atoms with van der Waals surface area (Å²) in [5.74, 6) is -1.63. The zero-order chi connectivity index (χ0) is 17.1. The Morgan fingerprint density at radius 1 is 1.41 bits per heavy atom. The minimum atomic E-state index is -3.54. The van der Waals surface area contributed by atoms with E-state index in [1.54, 1.807) is 20.8 Å². The van der Waals surface area contributed by atoms with Crippen LogP contribution in [-0.2, 0) is 21.4 Å². The molecule has 3 N–H and O–H groups in total. The highest BCUT2D eigenvalue weighted by Gasteiger charge is 2.33. The lowest BCUT2D eigenvalue weighted by atomic mass is 9.87. The molecule has 0 bridgehead atoms. The van der Waals surface area contributed by atoms with Gasteiger partial charge in [0, 0.05) is 5.38 Å². The first-order valence-electron chi connectivity index (χ1n) is 6.33. The topological polar surface area (TPSA) is 125 Å². The number of carboxylic acids is 1. The van der Waals surface area contributed by atoms with Gasteiger partial charge in [-0.2, -0.15) is 0 Å². The molecule has 0 aliphatic heterocycles. The first kappa shape index (κ1) is 18.5. The normalized spacial score (nSPS) is 13.6. The highest BCUT2D eigenvalue weighted by atomic mass is 32.2. The fourth-order valence-electron chi connectivity index (χ4n) is 1.59. The average Bonchev–Trinajstić information content (AvgIpc) is 2.79. The summed E-state index contributed by atoms with van der Waals surface area (Å²) < 4.78 is 25.1. The summed E-state index contributed by atoms with van der Waals surface area (Å²) in [5.41, 5.74) is -0.710. The van der Waals surface area contributed by atoms with E-state index < -0.39 is 33.4 Å². The van der Waals surface area contributed by atoms with E-state index in [9.17, 15) is 18.0 Å². The smallest absolute Gasteiger partial charge is 0.355 e. The van der Waals surface area contributed by atoms with Gasteiger partial charge in [-0.05, 0) is 5.41 Å². The zero-order valence-electron chi connectivity index (χ0n) is 12.7. The first-order valence-corrected chi connectivity index (χ1v) is 9.10. The summed E-state index contributed by atoms with van der Waals surface area (Å²) in [6.07, 6.45) is 0.985. The Kier molecular flexibility index (Phi) is 5.65. The van der Waals surface area contributed by atoms with Crippen LogP contribution in [0.25, 0.3) is 0 Å². The van der Waals surface area contributed by atoms with Gasteiger partial charge < -0.3 is 10.4 Å². The molecule has 0 aliphatic rings. The van der Waals surface area contributed by atoms with Crippen LogP contribution in [0.4, 0.5) is 0 Å². The number of nitrogens with one attached hydrogen (secondary N) is 2. The zero-order valence-corrected chi connectivity index (χ0v) is 14.3. The molecule has 0 aliphatic carbocycles. The van der Waals surface area contributed by atoms with Gasteiger partial charge >= 0.3 is 5.97 Å². The lowest BCUT2D eigenvalue weighted by molar-refractivity contribution is -0.125. The molecule has 1 unspecified atom stereocenters. The number of rotatable bonds is 6. The largest absolute Gasteiger partial charge is 0.476 e. The molecule has 1 amide bonds. The molecule has 0 fully saturated rings. The summed E-state index contributed by atoms with van der Waals surface area (Å²) >= 11 is 1.11. The molecular weight excluding hydrogens is 330 g/mol. The molecule has 1 aromatic rings. The Hall–Kier alpha value is -1.52. The van der Waals surface area contributed by atoms with E-state index in [0.717, 1.165) is 17.6 Å². The van der Waals surface area contributed by atoms with Crippen LogP contribution in [-0.4, -0.2) is 42.7 Å². The molecule has 0 spiro atoms. The molecule has 1 rings (SSSR count). The number of carbonyl (C=O) groups excluding carboxylic acids is 1. The third kappa shape index (κ3) is 5.70. The van der Waals surface area contributed by atoms with Crippen LogP contribution in [0, 0.1) is 5.41 Å². The first-order chi connectivity index (χ1) is 9.90. The van der Waals surface area contributed by atoms with Gasteiger partial charge in [0.15, 0.2) is 5.69 Å². The number of aromatic carboxylic acids is 1. The van der Waals surface area contributed by atoms with E-state index in [2.05, 4.69) is 15.0 Å². The molecule has 1 atom stereocenters. The number of amides is 1. The molecule has 124 valence electrons. The molecule has 0 aromatic carbocycles. The monoisotopic (exact) mass is 349 g/mol.